The van der Waals surface area contributed by atoms with Gasteiger partial charge in [0.1, 0.15) is 5.82 Å². The van der Waals surface area contributed by atoms with Crippen molar-refractivity contribution < 1.29 is 28.2 Å². The van der Waals surface area contributed by atoms with E-state index in [9.17, 15) is 18.8 Å². The number of amides is 3. The van der Waals surface area contributed by atoms with Gasteiger partial charge in [-0.05, 0) is 37.7 Å². The number of benzene rings is 1. The number of nitrogens with zero attached hydrogens (tertiary/aromatic N) is 2. The summed E-state index contributed by atoms with van der Waals surface area (Å²) >= 11 is 0. The van der Waals surface area contributed by atoms with Gasteiger partial charge in [-0.2, -0.15) is 0 Å². The molecule has 2 atom stereocenters. The molecule has 2 unspecified atom stereocenters. The van der Waals surface area contributed by atoms with Gasteiger partial charge in [-0.15, -0.1) is 0 Å². The third-order valence-electron chi connectivity index (χ3n) is 6.75. The summed E-state index contributed by atoms with van der Waals surface area (Å²) in [6.45, 7) is 2.04. The summed E-state index contributed by atoms with van der Waals surface area (Å²) < 4.78 is 25.7. The molecule has 0 bridgehead atoms. The summed E-state index contributed by atoms with van der Waals surface area (Å²) in [6.07, 6.45) is 3.56. The average Bonchev–Trinajstić information content (AvgIpc) is 3.37. The zero-order valence-electron chi connectivity index (χ0n) is 18.6. The fourth-order valence-electron chi connectivity index (χ4n) is 4.80. The highest BCUT2D eigenvalue weighted by atomic mass is 19.1. The number of hydrogen-bond acceptors (Lipinski definition) is 5. The molecule has 2 aliphatic heterocycles. The van der Waals surface area contributed by atoms with Gasteiger partial charge in [0.2, 0.25) is 17.7 Å². The summed E-state index contributed by atoms with van der Waals surface area (Å²) in [6, 6.07) is 5.95. The molecule has 0 spiro atoms. The van der Waals surface area contributed by atoms with Gasteiger partial charge >= 0.3 is 0 Å². The fraction of sp³-hybridized carbons (Fsp3) is 0.625. The average molecular weight is 447 g/mol. The number of carbonyl (C=O) groups is 3. The lowest BCUT2D eigenvalue weighted by Gasteiger charge is -2.32. The van der Waals surface area contributed by atoms with E-state index in [-0.39, 0.29) is 43.6 Å². The zero-order valence-corrected chi connectivity index (χ0v) is 18.6. The lowest BCUT2D eigenvalue weighted by molar-refractivity contribution is -0.143. The van der Waals surface area contributed by atoms with Crippen LogP contribution in [-0.2, 0) is 29.3 Å². The van der Waals surface area contributed by atoms with Gasteiger partial charge < -0.3 is 14.4 Å². The molecule has 1 aromatic carbocycles. The Hall–Kier alpha value is -2.32. The van der Waals surface area contributed by atoms with Crippen molar-refractivity contribution in [1.82, 2.24) is 9.80 Å². The predicted molar refractivity (Wildman–Crippen MR) is 114 cm³/mol. The van der Waals surface area contributed by atoms with E-state index < -0.39 is 23.0 Å². The van der Waals surface area contributed by atoms with E-state index in [0.29, 0.717) is 25.6 Å². The number of rotatable bonds is 10. The van der Waals surface area contributed by atoms with Crippen molar-refractivity contribution in [3.05, 3.63) is 35.6 Å². The van der Waals surface area contributed by atoms with Crippen LogP contribution in [0.1, 0.15) is 44.1 Å². The maximum absolute atomic E-state index is 14.9. The Kier molecular flexibility index (Phi) is 6.90. The number of likely N-dealkylation sites (tertiary alicyclic amines) is 1. The molecular formula is C24H31FN2O5. The van der Waals surface area contributed by atoms with E-state index >= 15 is 0 Å². The van der Waals surface area contributed by atoms with Crippen molar-refractivity contribution in [2.24, 2.45) is 5.92 Å². The van der Waals surface area contributed by atoms with Crippen molar-refractivity contribution in [3.8, 4) is 0 Å². The minimum atomic E-state index is -1.54. The van der Waals surface area contributed by atoms with Crippen LogP contribution in [0.3, 0.4) is 0 Å². The summed E-state index contributed by atoms with van der Waals surface area (Å²) in [4.78, 5) is 42.7. The van der Waals surface area contributed by atoms with Crippen molar-refractivity contribution in [2.45, 2.75) is 50.0 Å². The molecular weight excluding hydrogens is 415 g/mol. The van der Waals surface area contributed by atoms with Crippen LogP contribution in [0.15, 0.2) is 24.3 Å². The first-order chi connectivity index (χ1) is 15.4. The first-order valence-electron chi connectivity index (χ1n) is 11.4. The quantitative estimate of drug-likeness (QED) is 0.516. The lowest BCUT2D eigenvalue weighted by atomic mass is 9.75. The molecule has 1 aliphatic carbocycles. The van der Waals surface area contributed by atoms with E-state index in [1.807, 2.05) is 0 Å². The van der Waals surface area contributed by atoms with Gasteiger partial charge in [0.05, 0.1) is 24.7 Å². The fourth-order valence-corrected chi connectivity index (χ4v) is 4.80. The normalized spacial score (nSPS) is 25.6. The van der Waals surface area contributed by atoms with E-state index in [0.717, 1.165) is 30.6 Å². The number of halogens is 1. The van der Waals surface area contributed by atoms with Gasteiger partial charge in [-0.1, -0.05) is 18.2 Å². The molecule has 3 aliphatic rings. The molecule has 3 fully saturated rings. The number of hydrogen-bond donors (Lipinski definition) is 0. The van der Waals surface area contributed by atoms with Crippen LogP contribution in [0.5, 0.6) is 0 Å². The standard InChI is InChI=1S/C24H31FN2O5/c1-31-12-10-27-22(29)14-24(23(27)30,19-6-2-3-7-20(19)25)13-21(28)26(15-17-8-9-17)16-18-5-4-11-32-18/h2-3,6-7,17-18H,4-5,8-16H2,1H3. The minimum absolute atomic E-state index is 0.0128. The molecule has 2 saturated heterocycles. The monoisotopic (exact) mass is 446 g/mol. The second-order valence-electron chi connectivity index (χ2n) is 9.14. The van der Waals surface area contributed by atoms with Gasteiger partial charge in [-0.3, -0.25) is 19.3 Å². The number of imide groups is 1. The molecule has 1 aromatic rings. The van der Waals surface area contributed by atoms with Crippen molar-refractivity contribution in [2.75, 3.05) is 40.0 Å². The molecule has 0 radical (unpaired) electrons. The Morgan fingerprint density at radius 1 is 1.25 bits per heavy atom. The topological polar surface area (TPSA) is 76.2 Å². The van der Waals surface area contributed by atoms with Crippen LogP contribution < -0.4 is 0 Å². The van der Waals surface area contributed by atoms with Crippen molar-refractivity contribution in [3.63, 3.8) is 0 Å². The third kappa shape index (κ3) is 4.71. The molecule has 3 amide bonds. The molecule has 2 heterocycles. The highest BCUT2D eigenvalue weighted by molar-refractivity contribution is 6.10. The Labute approximate surface area is 187 Å². The minimum Gasteiger partial charge on any atom is -0.383 e. The number of carbonyl (C=O) groups excluding carboxylic acids is 3. The summed E-state index contributed by atoms with van der Waals surface area (Å²) in [5, 5.41) is 0. The van der Waals surface area contributed by atoms with E-state index in [1.165, 1.54) is 25.3 Å². The highest BCUT2D eigenvalue weighted by Gasteiger charge is 2.55. The summed E-state index contributed by atoms with van der Waals surface area (Å²) in [5.41, 5.74) is -1.43. The highest BCUT2D eigenvalue weighted by Crippen LogP contribution is 2.42. The Morgan fingerprint density at radius 2 is 2.03 bits per heavy atom. The first kappa shape index (κ1) is 22.9. The van der Waals surface area contributed by atoms with E-state index in [1.54, 1.807) is 11.0 Å². The van der Waals surface area contributed by atoms with Crippen LogP contribution in [0.25, 0.3) is 0 Å². The number of ether oxygens (including phenoxy) is 2. The smallest absolute Gasteiger partial charge is 0.241 e. The molecule has 4 rings (SSSR count). The summed E-state index contributed by atoms with van der Waals surface area (Å²) in [7, 11) is 1.49. The van der Waals surface area contributed by atoms with E-state index in [4.69, 9.17) is 9.47 Å². The first-order valence-corrected chi connectivity index (χ1v) is 11.4. The molecule has 1 saturated carbocycles. The van der Waals surface area contributed by atoms with E-state index in [2.05, 4.69) is 0 Å². The molecule has 0 aromatic heterocycles. The van der Waals surface area contributed by atoms with Crippen molar-refractivity contribution >= 4 is 17.7 Å². The van der Waals surface area contributed by atoms with Gasteiger partial charge in [0.15, 0.2) is 0 Å². The van der Waals surface area contributed by atoms with Crippen LogP contribution in [0.4, 0.5) is 4.39 Å². The second kappa shape index (κ2) is 9.67. The maximum atomic E-state index is 14.9. The molecule has 0 N–H and O–H groups in total. The third-order valence-corrected chi connectivity index (χ3v) is 6.75. The Balaban J connectivity index is 1.62. The largest absolute Gasteiger partial charge is 0.383 e. The Bertz CT molecular complexity index is 868. The van der Waals surface area contributed by atoms with Gasteiger partial charge in [-0.25, -0.2) is 4.39 Å². The van der Waals surface area contributed by atoms with Gasteiger partial charge in [0, 0.05) is 45.2 Å². The van der Waals surface area contributed by atoms with Crippen molar-refractivity contribution in [1.29, 1.82) is 0 Å². The second-order valence-corrected chi connectivity index (χ2v) is 9.14. The SMILES string of the molecule is COCCN1C(=O)CC(CC(=O)N(CC2CC2)CC2CCCO2)(c2ccccc2F)C1=O. The van der Waals surface area contributed by atoms with Gasteiger partial charge in [0.25, 0.3) is 0 Å². The summed E-state index contributed by atoms with van der Waals surface area (Å²) in [5.74, 6) is -1.28. The van der Waals surface area contributed by atoms with Crippen LogP contribution >= 0.6 is 0 Å². The van der Waals surface area contributed by atoms with Crippen LogP contribution in [0.2, 0.25) is 0 Å². The van der Waals surface area contributed by atoms with Crippen LogP contribution in [-0.4, -0.2) is 73.6 Å². The number of methoxy groups -OCH3 is 1. The molecule has 8 heteroatoms. The predicted octanol–water partition coefficient (Wildman–Crippen LogP) is 2.28. The molecule has 7 nitrogen and oxygen atoms in total. The lowest BCUT2D eigenvalue weighted by Crippen LogP contribution is -2.46. The molecule has 32 heavy (non-hydrogen) atoms. The Morgan fingerprint density at radius 3 is 2.69 bits per heavy atom. The van der Waals surface area contributed by atoms with Crippen LogP contribution in [0, 0.1) is 11.7 Å². The maximum Gasteiger partial charge on any atom is 0.241 e. The zero-order chi connectivity index (χ0) is 22.7. The molecule has 174 valence electrons.